The standard InChI is InChI=1S/C22H21ClN4O3S/c23-16-10-4-6-12-18(16)27-20(29)15-9-3-5-11-17(15)25-22(27)31-13-19(28)26-21(30)24-14-7-1-2-8-14/h3-6,9-12,14H,1-2,7-8,13H2,(H2,24,26,28,30). The number of carbonyl (C=O) groups is 2. The minimum absolute atomic E-state index is 0.0761. The zero-order valence-corrected chi connectivity index (χ0v) is 18.2. The van der Waals surface area contributed by atoms with E-state index in [0.717, 1.165) is 37.4 Å². The maximum absolute atomic E-state index is 13.2. The lowest BCUT2D eigenvalue weighted by atomic mass is 10.2. The first-order valence-corrected chi connectivity index (χ1v) is 11.4. The molecule has 1 aliphatic rings. The summed E-state index contributed by atoms with van der Waals surface area (Å²) in [5, 5.41) is 6.33. The fraction of sp³-hybridized carbons (Fsp3) is 0.273. The zero-order valence-electron chi connectivity index (χ0n) is 16.6. The molecular formula is C22H21ClN4O3S. The van der Waals surface area contributed by atoms with Crippen molar-refractivity contribution in [3.8, 4) is 5.69 Å². The van der Waals surface area contributed by atoms with Gasteiger partial charge in [0.1, 0.15) is 0 Å². The van der Waals surface area contributed by atoms with E-state index in [9.17, 15) is 14.4 Å². The summed E-state index contributed by atoms with van der Waals surface area (Å²) in [7, 11) is 0. The van der Waals surface area contributed by atoms with Crippen molar-refractivity contribution in [2.45, 2.75) is 36.9 Å². The number of imide groups is 1. The maximum Gasteiger partial charge on any atom is 0.321 e. The third kappa shape index (κ3) is 4.91. The Bertz CT molecular complexity index is 1190. The third-order valence-corrected chi connectivity index (χ3v) is 6.37. The maximum atomic E-state index is 13.2. The average molecular weight is 457 g/mol. The predicted octanol–water partition coefficient (Wildman–Crippen LogP) is 3.90. The van der Waals surface area contributed by atoms with Crippen LogP contribution in [-0.4, -0.2) is 33.3 Å². The lowest BCUT2D eigenvalue weighted by molar-refractivity contribution is -0.117. The molecule has 4 rings (SSSR count). The number of benzene rings is 2. The van der Waals surface area contributed by atoms with Crippen LogP contribution in [0.1, 0.15) is 25.7 Å². The van der Waals surface area contributed by atoms with E-state index in [1.807, 2.05) is 0 Å². The Hall–Kier alpha value is -2.84. The number of rotatable bonds is 5. The van der Waals surface area contributed by atoms with E-state index < -0.39 is 11.9 Å². The van der Waals surface area contributed by atoms with Gasteiger partial charge in [0.25, 0.3) is 5.56 Å². The van der Waals surface area contributed by atoms with E-state index >= 15 is 0 Å². The summed E-state index contributed by atoms with van der Waals surface area (Å²) < 4.78 is 1.40. The van der Waals surface area contributed by atoms with Gasteiger partial charge in [0.15, 0.2) is 5.16 Å². The molecule has 3 aromatic rings. The van der Waals surface area contributed by atoms with Gasteiger partial charge in [-0.3, -0.25) is 19.5 Å². The summed E-state index contributed by atoms with van der Waals surface area (Å²) in [6, 6.07) is 13.6. The molecule has 9 heteroatoms. The van der Waals surface area contributed by atoms with Gasteiger partial charge in [-0.1, -0.05) is 60.5 Å². The van der Waals surface area contributed by atoms with Crippen molar-refractivity contribution in [1.82, 2.24) is 20.2 Å². The Kier molecular flexibility index (Phi) is 6.58. The van der Waals surface area contributed by atoms with E-state index in [1.165, 1.54) is 4.57 Å². The van der Waals surface area contributed by atoms with Gasteiger partial charge in [-0.15, -0.1) is 0 Å². The van der Waals surface area contributed by atoms with Crippen molar-refractivity contribution >= 4 is 46.2 Å². The number of hydrogen-bond donors (Lipinski definition) is 2. The largest absolute Gasteiger partial charge is 0.335 e. The monoisotopic (exact) mass is 456 g/mol. The number of thioether (sulfide) groups is 1. The summed E-state index contributed by atoms with van der Waals surface area (Å²) in [6.45, 7) is 0. The molecular weight excluding hydrogens is 436 g/mol. The van der Waals surface area contributed by atoms with Crippen LogP contribution in [0.3, 0.4) is 0 Å². The summed E-state index contributed by atoms with van der Waals surface area (Å²) in [6.07, 6.45) is 4.03. The number of fused-ring (bicyclic) bond motifs is 1. The van der Waals surface area contributed by atoms with Crippen LogP contribution in [0, 0.1) is 0 Å². The number of nitrogens with zero attached hydrogens (tertiary/aromatic N) is 2. The van der Waals surface area contributed by atoms with Gasteiger partial charge in [0.2, 0.25) is 5.91 Å². The predicted molar refractivity (Wildman–Crippen MR) is 122 cm³/mol. The fourth-order valence-corrected chi connectivity index (χ4v) is 4.66. The van der Waals surface area contributed by atoms with E-state index in [0.29, 0.717) is 26.8 Å². The van der Waals surface area contributed by atoms with E-state index in [2.05, 4.69) is 15.6 Å². The summed E-state index contributed by atoms with van der Waals surface area (Å²) in [5.41, 5.74) is 0.729. The number of amides is 3. The Balaban J connectivity index is 1.57. The highest BCUT2D eigenvalue weighted by Crippen LogP contribution is 2.25. The van der Waals surface area contributed by atoms with Crippen LogP contribution in [0.15, 0.2) is 58.5 Å². The van der Waals surface area contributed by atoms with Crippen molar-refractivity contribution in [2.24, 2.45) is 0 Å². The van der Waals surface area contributed by atoms with Crippen LogP contribution in [0.5, 0.6) is 0 Å². The molecule has 0 unspecified atom stereocenters. The molecule has 31 heavy (non-hydrogen) atoms. The normalized spacial score (nSPS) is 14.0. The van der Waals surface area contributed by atoms with Gasteiger partial charge >= 0.3 is 6.03 Å². The van der Waals surface area contributed by atoms with Crippen LogP contribution < -0.4 is 16.2 Å². The average Bonchev–Trinajstić information content (AvgIpc) is 3.26. The second-order valence-corrected chi connectivity index (χ2v) is 8.64. The fourth-order valence-electron chi connectivity index (χ4n) is 3.64. The van der Waals surface area contributed by atoms with E-state index in [-0.39, 0.29) is 17.4 Å². The van der Waals surface area contributed by atoms with Crippen LogP contribution in [0.25, 0.3) is 16.6 Å². The number of urea groups is 1. The summed E-state index contributed by atoms with van der Waals surface area (Å²) in [5.74, 6) is -0.540. The molecule has 1 saturated carbocycles. The van der Waals surface area contributed by atoms with Gasteiger partial charge in [0.05, 0.1) is 27.4 Å². The van der Waals surface area contributed by atoms with Crippen LogP contribution in [-0.2, 0) is 4.79 Å². The number of para-hydroxylation sites is 2. The van der Waals surface area contributed by atoms with Crippen LogP contribution in [0.2, 0.25) is 5.02 Å². The first-order chi connectivity index (χ1) is 15.0. The second-order valence-electron chi connectivity index (χ2n) is 7.30. The molecule has 0 bridgehead atoms. The first-order valence-electron chi connectivity index (χ1n) is 10.0. The van der Waals surface area contributed by atoms with Gasteiger partial charge < -0.3 is 5.32 Å². The SMILES string of the molecule is O=C(CSc1nc2ccccc2c(=O)n1-c1ccccc1Cl)NC(=O)NC1CCCC1. The Labute approximate surface area is 188 Å². The molecule has 1 aromatic heterocycles. The highest BCUT2D eigenvalue weighted by atomic mass is 35.5. The topological polar surface area (TPSA) is 93.1 Å². The molecule has 7 nitrogen and oxygen atoms in total. The first kappa shape index (κ1) is 21.4. The molecule has 0 aliphatic heterocycles. The summed E-state index contributed by atoms with van der Waals surface area (Å²) >= 11 is 7.41. The molecule has 2 N–H and O–H groups in total. The van der Waals surface area contributed by atoms with E-state index in [4.69, 9.17) is 11.6 Å². The second kappa shape index (κ2) is 9.53. The van der Waals surface area contributed by atoms with Gasteiger partial charge in [-0.2, -0.15) is 0 Å². The number of carbonyl (C=O) groups excluding carboxylic acids is 2. The number of halogens is 1. The molecule has 0 saturated heterocycles. The number of aromatic nitrogens is 2. The number of nitrogens with one attached hydrogen (secondary N) is 2. The van der Waals surface area contributed by atoms with Gasteiger partial charge in [-0.25, -0.2) is 9.78 Å². The summed E-state index contributed by atoms with van der Waals surface area (Å²) in [4.78, 5) is 42.2. The quantitative estimate of drug-likeness (QED) is 0.448. The molecule has 0 atom stereocenters. The highest BCUT2D eigenvalue weighted by molar-refractivity contribution is 7.99. The molecule has 2 aromatic carbocycles. The molecule has 160 valence electrons. The Morgan fingerprint density at radius 3 is 2.58 bits per heavy atom. The highest BCUT2D eigenvalue weighted by Gasteiger charge is 2.20. The molecule has 0 spiro atoms. The van der Waals surface area contributed by atoms with Crippen molar-refractivity contribution in [3.05, 3.63) is 63.9 Å². The minimum atomic E-state index is -0.493. The van der Waals surface area contributed by atoms with Crippen molar-refractivity contribution < 1.29 is 9.59 Å². The van der Waals surface area contributed by atoms with E-state index in [1.54, 1.807) is 48.5 Å². The molecule has 1 aliphatic carbocycles. The molecule has 1 heterocycles. The lowest BCUT2D eigenvalue weighted by Gasteiger charge is -2.15. The van der Waals surface area contributed by atoms with Crippen molar-refractivity contribution in [2.75, 3.05) is 5.75 Å². The zero-order chi connectivity index (χ0) is 21.8. The van der Waals surface area contributed by atoms with Crippen molar-refractivity contribution in [3.63, 3.8) is 0 Å². The minimum Gasteiger partial charge on any atom is -0.335 e. The smallest absolute Gasteiger partial charge is 0.321 e. The van der Waals surface area contributed by atoms with Crippen LogP contribution >= 0.6 is 23.4 Å². The Morgan fingerprint density at radius 2 is 1.81 bits per heavy atom. The lowest BCUT2D eigenvalue weighted by Crippen LogP contribution is -2.44. The molecule has 1 fully saturated rings. The van der Waals surface area contributed by atoms with Crippen LogP contribution in [0.4, 0.5) is 4.79 Å². The number of hydrogen-bond acceptors (Lipinski definition) is 5. The Morgan fingerprint density at radius 1 is 1.10 bits per heavy atom. The van der Waals surface area contributed by atoms with Gasteiger partial charge in [-0.05, 0) is 37.1 Å². The third-order valence-electron chi connectivity index (χ3n) is 5.11. The van der Waals surface area contributed by atoms with Crippen molar-refractivity contribution in [1.29, 1.82) is 0 Å². The molecule has 0 radical (unpaired) electrons. The van der Waals surface area contributed by atoms with Gasteiger partial charge in [0, 0.05) is 6.04 Å². The molecule has 3 amide bonds.